The van der Waals surface area contributed by atoms with E-state index >= 15 is 0 Å². The third-order valence-corrected chi connectivity index (χ3v) is 2.68. The van der Waals surface area contributed by atoms with Crippen molar-refractivity contribution in [3.8, 4) is 11.6 Å². The number of hydrogen-bond donors (Lipinski definition) is 0. The molecule has 0 saturated carbocycles. The van der Waals surface area contributed by atoms with E-state index in [1.165, 1.54) is 13.2 Å². The van der Waals surface area contributed by atoms with Gasteiger partial charge in [0.2, 0.25) is 11.6 Å². The highest BCUT2D eigenvalue weighted by Crippen LogP contribution is 2.31. The van der Waals surface area contributed by atoms with Gasteiger partial charge in [0.25, 0.3) is 0 Å². The van der Waals surface area contributed by atoms with Crippen LogP contribution in [0.3, 0.4) is 0 Å². The number of nitro groups is 1. The number of aromatic nitrogens is 2. The predicted octanol–water partition coefficient (Wildman–Crippen LogP) is 2.94. The van der Waals surface area contributed by atoms with E-state index in [9.17, 15) is 10.1 Å². The number of benzene rings is 1. The second kappa shape index (κ2) is 6.27. The first-order valence-electron chi connectivity index (χ1n) is 6.26. The molecule has 0 N–H and O–H groups in total. The van der Waals surface area contributed by atoms with Crippen molar-refractivity contribution in [2.45, 2.75) is 20.5 Å². The lowest BCUT2D eigenvalue weighted by molar-refractivity contribution is -0.385. The molecule has 0 bridgehead atoms. The Labute approximate surface area is 121 Å². The van der Waals surface area contributed by atoms with Gasteiger partial charge in [0, 0.05) is 24.9 Å². The zero-order valence-electron chi connectivity index (χ0n) is 12.0. The van der Waals surface area contributed by atoms with Gasteiger partial charge in [-0.1, -0.05) is 6.07 Å². The van der Waals surface area contributed by atoms with Gasteiger partial charge in [0.1, 0.15) is 6.61 Å². The second-order valence-electron chi connectivity index (χ2n) is 4.53. The average Bonchev–Trinajstić information content (AvgIpc) is 2.38. The number of methoxy groups -OCH3 is 1. The number of aryl methyl sites for hydroxylation is 2. The molecule has 1 aromatic heterocycles. The summed E-state index contributed by atoms with van der Waals surface area (Å²) in [5, 5.41) is 11.0. The van der Waals surface area contributed by atoms with Crippen molar-refractivity contribution in [2.75, 3.05) is 7.11 Å². The molecule has 0 amide bonds. The molecule has 2 rings (SSSR count). The smallest absolute Gasteiger partial charge is 0.311 e. The Morgan fingerprint density at radius 2 is 2.00 bits per heavy atom. The fourth-order valence-electron chi connectivity index (χ4n) is 1.81. The first-order chi connectivity index (χ1) is 9.99. The lowest BCUT2D eigenvalue weighted by Crippen LogP contribution is -2.01. The summed E-state index contributed by atoms with van der Waals surface area (Å²) in [6.07, 6.45) is 0. The van der Waals surface area contributed by atoms with Crippen LogP contribution in [0.2, 0.25) is 0 Å². The van der Waals surface area contributed by atoms with Crippen LogP contribution in [-0.4, -0.2) is 22.0 Å². The Morgan fingerprint density at radius 3 is 2.67 bits per heavy atom. The van der Waals surface area contributed by atoms with Crippen LogP contribution < -0.4 is 4.74 Å². The van der Waals surface area contributed by atoms with Gasteiger partial charge >= 0.3 is 5.69 Å². The second-order valence-corrected chi connectivity index (χ2v) is 4.53. The number of nitro benzene ring substituents is 1. The average molecular weight is 289 g/mol. The van der Waals surface area contributed by atoms with E-state index < -0.39 is 4.92 Å². The number of hydrogen-bond acceptors (Lipinski definition) is 6. The molecular formula is C14H15N3O4. The Bertz CT molecular complexity index is 673. The molecular weight excluding hydrogens is 274 g/mol. The van der Waals surface area contributed by atoms with Gasteiger partial charge < -0.3 is 9.47 Å². The number of ether oxygens (including phenoxy) is 2. The van der Waals surface area contributed by atoms with Crippen LogP contribution in [0.25, 0.3) is 0 Å². The molecule has 21 heavy (non-hydrogen) atoms. The molecule has 2 aromatic rings. The molecule has 1 aromatic carbocycles. The monoisotopic (exact) mass is 289 g/mol. The topological polar surface area (TPSA) is 87.4 Å². The quantitative estimate of drug-likeness (QED) is 0.621. The maximum atomic E-state index is 11.0. The largest absolute Gasteiger partial charge is 0.432 e. The molecule has 0 aliphatic heterocycles. The van der Waals surface area contributed by atoms with E-state index in [1.807, 2.05) is 6.92 Å². The standard InChI is InChI=1S/C14H15N3O4/c1-9-4-5-11(17(18)19)12(6-9)21-14-7-10(2)15-13(16-14)8-20-3/h4-7H,8H2,1-3H3. The third-order valence-electron chi connectivity index (χ3n) is 2.68. The first kappa shape index (κ1) is 14.9. The number of nitrogens with zero attached hydrogens (tertiary/aromatic N) is 3. The molecule has 0 fully saturated rings. The van der Waals surface area contributed by atoms with Crippen LogP contribution in [0.15, 0.2) is 24.3 Å². The van der Waals surface area contributed by atoms with Gasteiger partial charge in [-0.25, -0.2) is 4.98 Å². The van der Waals surface area contributed by atoms with Gasteiger partial charge in [-0.2, -0.15) is 4.98 Å². The van der Waals surface area contributed by atoms with E-state index in [-0.39, 0.29) is 23.9 Å². The van der Waals surface area contributed by atoms with Crippen molar-refractivity contribution in [2.24, 2.45) is 0 Å². The molecule has 0 saturated heterocycles. The van der Waals surface area contributed by atoms with E-state index in [0.29, 0.717) is 11.5 Å². The highest BCUT2D eigenvalue weighted by atomic mass is 16.6. The van der Waals surface area contributed by atoms with Crippen LogP contribution in [0.5, 0.6) is 11.6 Å². The minimum Gasteiger partial charge on any atom is -0.432 e. The van der Waals surface area contributed by atoms with Crippen molar-refractivity contribution in [1.29, 1.82) is 0 Å². The highest BCUT2D eigenvalue weighted by molar-refractivity contribution is 5.49. The van der Waals surface area contributed by atoms with Gasteiger partial charge in [-0.3, -0.25) is 10.1 Å². The molecule has 110 valence electrons. The minimum absolute atomic E-state index is 0.106. The summed E-state index contributed by atoms with van der Waals surface area (Å²) < 4.78 is 10.6. The molecule has 0 aliphatic rings. The summed E-state index contributed by atoms with van der Waals surface area (Å²) in [5.74, 6) is 0.868. The van der Waals surface area contributed by atoms with Crippen LogP contribution in [0.4, 0.5) is 5.69 Å². The van der Waals surface area contributed by atoms with Gasteiger partial charge in [0.15, 0.2) is 5.82 Å². The molecule has 0 spiro atoms. The Balaban J connectivity index is 2.37. The first-order valence-corrected chi connectivity index (χ1v) is 6.26. The summed E-state index contributed by atoms with van der Waals surface area (Å²) in [6.45, 7) is 3.87. The van der Waals surface area contributed by atoms with E-state index in [2.05, 4.69) is 9.97 Å². The van der Waals surface area contributed by atoms with Gasteiger partial charge in [0.05, 0.1) is 4.92 Å². The fourth-order valence-corrected chi connectivity index (χ4v) is 1.81. The van der Waals surface area contributed by atoms with E-state index in [0.717, 1.165) is 5.56 Å². The zero-order valence-corrected chi connectivity index (χ0v) is 12.0. The zero-order chi connectivity index (χ0) is 15.4. The fraction of sp³-hybridized carbons (Fsp3) is 0.286. The third kappa shape index (κ3) is 3.73. The predicted molar refractivity (Wildman–Crippen MR) is 75.4 cm³/mol. The van der Waals surface area contributed by atoms with Crippen LogP contribution in [0, 0.1) is 24.0 Å². The molecule has 0 unspecified atom stereocenters. The lowest BCUT2D eigenvalue weighted by atomic mass is 10.2. The maximum Gasteiger partial charge on any atom is 0.311 e. The number of rotatable bonds is 5. The Hall–Kier alpha value is -2.54. The summed E-state index contributed by atoms with van der Waals surface area (Å²) >= 11 is 0. The molecule has 0 radical (unpaired) electrons. The summed E-state index contributed by atoms with van der Waals surface area (Å²) in [7, 11) is 1.54. The maximum absolute atomic E-state index is 11.0. The Morgan fingerprint density at radius 1 is 1.24 bits per heavy atom. The van der Waals surface area contributed by atoms with Crippen molar-refractivity contribution in [3.05, 3.63) is 51.5 Å². The highest BCUT2D eigenvalue weighted by Gasteiger charge is 2.16. The summed E-state index contributed by atoms with van der Waals surface area (Å²) in [6, 6.07) is 6.29. The SMILES string of the molecule is COCc1nc(C)cc(Oc2cc(C)ccc2[N+](=O)[O-])n1. The molecule has 1 heterocycles. The lowest BCUT2D eigenvalue weighted by Gasteiger charge is -2.08. The van der Waals surface area contributed by atoms with Gasteiger partial charge in [-0.15, -0.1) is 0 Å². The van der Waals surface area contributed by atoms with Crippen molar-refractivity contribution in [1.82, 2.24) is 9.97 Å². The van der Waals surface area contributed by atoms with Crippen molar-refractivity contribution < 1.29 is 14.4 Å². The minimum atomic E-state index is -0.487. The normalized spacial score (nSPS) is 10.4. The van der Waals surface area contributed by atoms with Crippen LogP contribution in [-0.2, 0) is 11.3 Å². The van der Waals surface area contributed by atoms with Crippen LogP contribution in [0.1, 0.15) is 17.1 Å². The van der Waals surface area contributed by atoms with Crippen molar-refractivity contribution in [3.63, 3.8) is 0 Å². The Kier molecular flexibility index (Phi) is 4.44. The van der Waals surface area contributed by atoms with E-state index in [1.54, 1.807) is 25.1 Å². The molecule has 0 atom stereocenters. The molecule has 7 heteroatoms. The molecule has 0 aliphatic carbocycles. The summed E-state index contributed by atoms with van der Waals surface area (Å²) in [5.41, 5.74) is 1.45. The van der Waals surface area contributed by atoms with Crippen LogP contribution >= 0.6 is 0 Å². The summed E-state index contributed by atoms with van der Waals surface area (Å²) in [4.78, 5) is 18.9. The van der Waals surface area contributed by atoms with Gasteiger partial charge in [-0.05, 0) is 25.5 Å². The molecule has 7 nitrogen and oxygen atoms in total. The van der Waals surface area contributed by atoms with E-state index in [4.69, 9.17) is 9.47 Å². The van der Waals surface area contributed by atoms with Crippen molar-refractivity contribution >= 4 is 5.69 Å².